The molecule has 1 aliphatic rings. The molecule has 1 amide bonds. The highest BCUT2D eigenvalue weighted by molar-refractivity contribution is 6.04. The van der Waals surface area contributed by atoms with Crippen molar-refractivity contribution < 1.29 is 23.8 Å². The quantitative estimate of drug-likeness (QED) is 0.670. The van der Waals surface area contributed by atoms with Crippen LogP contribution in [0, 0.1) is 0 Å². The van der Waals surface area contributed by atoms with Gasteiger partial charge in [0, 0.05) is 11.8 Å². The van der Waals surface area contributed by atoms with E-state index in [9.17, 15) is 9.59 Å². The summed E-state index contributed by atoms with van der Waals surface area (Å²) in [5, 5.41) is 7.05. The third-order valence-corrected chi connectivity index (χ3v) is 4.42. The first-order chi connectivity index (χ1) is 14.1. The molecule has 0 bridgehead atoms. The van der Waals surface area contributed by atoms with E-state index in [1.807, 2.05) is 24.3 Å². The summed E-state index contributed by atoms with van der Waals surface area (Å²) < 4.78 is 18.0. The summed E-state index contributed by atoms with van der Waals surface area (Å²) in [6.07, 6.45) is 3.11. The fraction of sp³-hybridized carbons (Fsp3) is 0.190. The van der Waals surface area contributed by atoms with Crippen molar-refractivity contribution in [1.82, 2.24) is 9.78 Å². The van der Waals surface area contributed by atoms with Crippen molar-refractivity contribution in [2.75, 3.05) is 19.0 Å². The first-order valence-electron chi connectivity index (χ1n) is 9.03. The Bertz CT molecular complexity index is 1030. The van der Waals surface area contributed by atoms with Crippen LogP contribution in [-0.4, -0.2) is 41.5 Å². The highest BCUT2D eigenvalue weighted by Crippen LogP contribution is 2.31. The average Bonchev–Trinajstić information content (AvgIpc) is 3.19. The van der Waals surface area contributed by atoms with Crippen LogP contribution in [0.2, 0.25) is 0 Å². The molecular formula is C21H19N3O5. The minimum absolute atomic E-state index is 0.181. The summed E-state index contributed by atoms with van der Waals surface area (Å²) in [5.74, 6) is 0.692. The maximum absolute atomic E-state index is 12.4. The van der Waals surface area contributed by atoms with E-state index < -0.39 is 5.97 Å². The zero-order valence-electron chi connectivity index (χ0n) is 15.7. The molecule has 1 atom stereocenters. The largest absolute Gasteiger partial charge is 0.486 e. The monoisotopic (exact) mass is 393 g/mol. The first kappa shape index (κ1) is 18.5. The van der Waals surface area contributed by atoms with Crippen LogP contribution in [0.5, 0.6) is 11.5 Å². The Hall–Kier alpha value is -3.81. The maximum Gasteiger partial charge on any atom is 0.337 e. The summed E-state index contributed by atoms with van der Waals surface area (Å²) in [6.45, 7) is 0.906. The second-order valence-corrected chi connectivity index (χ2v) is 6.47. The number of para-hydroxylation sites is 2. The van der Waals surface area contributed by atoms with Crippen molar-refractivity contribution in [3.05, 3.63) is 72.1 Å². The lowest BCUT2D eigenvalue weighted by Gasteiger charge is -2.26. The second-order valence-electron chi connectivity index (χ2n) is 6.47. The number of anilines is 1. The molecule has 4 rings (SSSR count). The standard InChI is InChI=1S/C21H19N3O5/c1-27-21(26)15-8-6-14(7-9-15)20(25)23-16-10-22-24(11-16)12-17-13-28-18-4-2-3-5-19(18)29-17/h2-11,17H,12-13H2,1H3,(H,23,25)/t17-/m1/s1. The Morgan fingerprint density at radius 3 is 2.62 bits per heavy atom. The number of hydrogen-bond donors (Lipinski definition) is 1. The number of carbonyl (C=O) groups excluding carboxylic acids is 2. The van der Waals surface area contributed by atoms with E-state index in [0.717, 1.165) is 5.75 Å². The molecule has 0 aliphatic carbocycles. The third-order valence-electron chi connectivity index (χ3n) is 4.42. The van der Waals surface area contributed by atoms with Gasteiger partial charge in [-0.05, 0) is 36.4 Å². The van der Waals surface area contributed by atoms with Gasteiger partial charge in [-0.3, -0.25) is 9.48 Å². The van der Waals surface area contributed by atoms with E-state index in [4.69, 9.17) is 9.47 Å². The normalized spacial score (nSPS) is 14.9. The van der Waals surface area contributed by atoms with Crippen LogP contribution in [0.25, 0.3) is 0 Å². The van der Waals surface area contributed by atoms with Gasteiger partial charge in [-0.2, -0.15) is 5.10 Å². The highest BCUT2D eigenvalue weighted by atomic mass is 16.6. The topological polar surface area (TPSA) is 91.7 Å². The smallest absolute Gasteiger partial charge is 0.337 e. The predicted octanol–water partition coefficient (Wildman–Crippen LogP) is 2.76. The van der Waals surface area contributed by atoms with E-state index in [2.05, 4.69) is 15.2 Å². The molecule has 2 heterocycles. The van der Waals surface area contributed by atoms with Gasteiger partial charge in [0.2, 0.25) is 0 Å². The lowest BCUT2D eigenvalue weighted by molar-refractivity contribution is 0.0600. The van der Waals surface area contributed by atoms with Crippen molar-refractivity contribution >= 4 is 17.6 Å². The Balaban J connectivity index is 1.36. The number of esters is 1. The molecule has 1 N–H and O–H groups in total. The van der Waals surface area contributed by atoms with Gasteiger partial charge < -0.3 is 19.5 Å². The van der Waals surface area contributed by atoms with E-state index in [0.29, 0.717) is 35.7 Å². The maximum atomic E-state index is 12.4. The van der Waals surface area contributed by atoms with E-state index in [1.54, 1.807) is 41.3 Å². The minimum Gasteiger partial charge on any atom is -0.486 e. The van der Waals surface area contributed by atoms with Gasteiger partial charge in [-0.1, -0.05) is 12.1 Å². The molecule has 3 aromatic rings. The number of rotatable bonds is 5. The van der Waals surface area contributed by atoms with Crippen molar-refractivity contribution in [3.63, 3.8) is 0 Å². The van der Waals surface area contributed by atoms with Crippen LogP contribution in [-0.2, 0) is 11.3 Å². The summed E-state index contributed by atoms with van der Waals surface area (Å²) in [4.78, 5) is 23.9. The number of aromatic nitrogens is 2. The van der Waals surface area contributed by atoms with Crippen LogP contribution in [0.1, 0.15) is 20.7 Å². The summed E-state index contributed by atoms with van der Waals surface area (Å²) >= 11 is 0. The fourth-order valence-corrected chi connectivity index (χ4v) is 2.97. The number of hydrogen-bond acceptors (Lipinski definition) is 6. The molecule has 0 unspecified atom stereocenters. The zero-order chi connectivity index (χ0) is 20.2. The first-order valence-corrected chi connectivity index (χ1v) is 9.03. The SMILES string of the molecule is COC(=O)c1ccc(C(=O)Nc2cnn(C[C@@H]3COc4ccccc4O3)c2)cc1. The molecule has 0 saturated heterocycles. The van der Waals surface area contributed by atoms with E-state index in [-0.39, 0.29) is 12.0 Å². The molecule has 0 radical (unpaired) electrons. The Morgan fingerprint density at radius 2 is 1.86 bits per heavy atom. The molecule has 1 aromatic heterocycles. The summed E-state index contributed by atoms with van der Waals surface area (Å²) in [6, 6.07) is 13.7. The lowest BCUT2D eigenvalue weighted by Crippen LogP contribution is -2.33. The van der Waals surface area contributed by atoms with Crippen molar-refractivity contribution in [3.8, 4) is 11.5 Å². The predicted molar refractivity (Wildman–Crippen MR) is 104 cm³/mol. The van der Waals surface area contributed by atoms with Crippen molar-refractivity contribution in [1.29, 1.82) is 0 Å². The number of nitrogens with zero attached hydrogens (tertiary/aromatic N) is 2. The summed E-state index contributed by atoms with van der Waals surface area (Å²) in [7, 11) is 1.31. The van der Waals surface area contributed by atoms with Crippen molar-refractivity contribution in [2.24, 2.45) is 0 Å². The highest BCUT2D eigenvalue weighted by Gasteiger charge is 2.21. The van der Waals surface area contributed by atoms with Crippen LogP contribution in [0.15, 0.2) is 60.9 Å². The van der Waals surface area contributed by atoms with Crippen molar-refractivity contribution in [2.45, 2.75) is 12.6 Å². The Labute approximate surface area is 167 Å². The van der Waals surface area contributed by atoms with Gasteiger partial charge in [0.1, 0.15) is 6.61 Å². The van der Waals surface area contributed by atoms with Gasteiger partial charge in [0.05, 0.1) is 31.1 Å². The average molecular weight is 393 g/mol. The zero-order valence-corrected chi connectivity index (χ0v) is 15.7. The molecular weight excluding hydrogens is 374 g/mol. The molecule has 8 heteroatoms. The fourth-order valence-electron chi connectivity index (χ4n) is 2.97. The van der Waals surface area contributed by atoms with E-state index in [1.165, 1.54) is 7.11 Å². The lowest BCUT2D eigenvalue weighted by atomic mass is 10.1. The Kier molecular flexibility index (Phi) is 5.15. The molecule has 8 nitrogen and oxygen atoms in total. The summed E-state index contributed by atoms with van der Waals surface area (Å²) in [5.41, 5.74) is 1.36. The molecule has 2 aromatic carbocycles. The molecule has 0 saturated carbocycles. The van der Waals surface area contributed by atoms with Crippen LogP contribution in [0.4, 0.5) is 5.69 Å². The van der Waals surface area contributed by atoms with Gasteiger partial charge in [-0.25, -0.2) is 4.79 Å². The van der Waals surface area contributed by atoms with Gasteiger partial charge in [0.15, 0.2) is 17.6 Å². The number of amides is 1. The van der Waals surface area contributed by atoms with E-state index >= 15 is 0 Å². The van der Waals surface area contributed by atoms with Gasteiger partial charge in [-0.15, -0.1) is 0 Å². The van der Waals surface area contributed by atoms with Gasteiger partial charge >= 0.3 is 5.97 Å². The number of benzene rings is 2. The molecule has 1 aliphatic heterocycles. The number of methoxy groups -OCH3 is 1. The van der Waals surface area contributed by atoms with Crippen LogP contribution in [0.3, 0.4) is 0 Å². The number of nitrogens with one attached hydrogen (secondary N) is 1. The number of fused-ring (bicyclic) bond motifs is 1. The van der Waals surface area contributed by atoms with Gasteiger partial charge in [0.25, 0.3) is 5.91 Å². The third kappa shape index (κ3) is 4.21. The number of carbonyl (C=O) groups is 2. The van der Waals surface area contributed by atoms with Crippen LogP contribution >= 0.6 is 0 Å². The number of ether oxygens (including phenoxy) is 3. The molecule has 0 fully saturated rings. The molecule has 29 heavy (non-hydrogen) atoms. The molecule has 148 valence electrons. The second kappa shape index (κ2) is 8.05. The Morgan fingerprint density at radius 1 is 1.14 bits per heavy atom. The minimum atomic E-state index is -0.449. The molecule has 0 spiro atoms. The van der Waals surface area contributed by atoms with Crippen LogP contribution < -0.4 is 14.8 Å².